The van der Waals surface area contributed by atoms with E-state index < -0.39 is 95.7 Å². The number of unbranched alkanes of at least 4 members (excludes halogenated alkanes) is 8. The first-order chi connectivity index (χ1) is 33.9. The van der Waals surface area contributed by atoms with Gasteiger partial charge in [-0.05, 0) is 70.6 Å². The number of aliphatic hydroxyl groups is 6. The minimum absolute atomic E-state index is 0.0774. The van der Waals surface area contributed by atoms with E-state index >= 15 is 0 Å². The predicted octanol–water partition coefficient (Wildman–Crippen LogP) is 7.67. The van der Waals surface area contributed by atoms with E-state index in [2.05, 4.69) is 35.8 Å². The highest BCUT2D eigenvalue weighted by Crippen LogP contribution is 2.49. The fraction of sp³-hybridized carbons (Fsp3) is 0.608. The Balaban J connectivity index is 2.72. The summed E-state index contributed by atoms with van der Waals surface area (Å²) in [7, 11) is -10.8. The van der Waals surface area contributed by atoms with E-state index in [4.69, 9.17) is 18.5 Å². The SMILES string of the molecule is CC/C=C\C[C@@H](O)/C=C/C=C\C/C=C\C=C\[C@@H](O)/C=C\CCCC(=O)OC[C@H](COP(=O)(O)O[C@H]1C(O)C(O)C(O)[C@@H](OP(=O)(O)O)C1O)OC(=O)CCC/C=C\C/C=C\C/C=C\CCCCCCCC. The highest BCUT2D eigenvalue weighted by Gasteiger charge is 2.54. The van der Waals surface area contributed by atoms with Gasteiger partial charge in [0.1, 0.15) is 43.2 Å². The van der Waals surface area contributed by atoms with Gasteiger partial charge in [0.2, 0.25) is 0 Å². The number of hydrogen-bond donors (Lipinski definition) is 9. The summed E-state index contributed by atoms with van der Waals surface area (Å²) in [6.45, 7) is 2.70. The van der Waals surface area contributed by atoms with Crippen LogP contribution in [0.15, 0.2) is 109 Å². The number of ether oxygens (including phenoxy) is 2. The van der Waals surface area contributed by atoms with Crippen LogP contribution in [-0.2, 0) is 41.8 Å². The summed E-state index contributed by atoms with van der Waals surface area (Å²) in [6.07, 6.45) is 31.1. The van der Waals surface area contributed by atoms with Crippen molar-refractivity contribution >= 4 is 27.6 Å². The molecule has 0 radical (unpaired) electrons. The molecule has 71 heavy (non-hydrogen) atoms. The van der Waals surface area contributed by atoms with Gasteiger partial charge in [0, 0.05) is 12.8 Å². The molecule has 0 aromatic heterocycles. The number of carbonyl (C=O) groups is 2. The van der Waals surface area contributed by atoms with Crippen LogP contribution < -0.4 is 0 Å². The van der Waals surface area contributed by atoms with Gasteiger partial charge in [-0.1, -0.05) is 155 Å². The largest absolute Gasteiger partial charge is 0.472 e. The third-order valence-electron chi connectivity index (χ3n) is 10.5. The fourth-order valence-corrected chi connectivity index (χ4v) is 8.20. The van der Waals surface area contributed by atoms with Gasteiger partial charge < -0.3 is 54.8 Å². The molecular weight excluding hydrogens is 962 g/mol. The first-order valence-corrected chi connectivity index (χ1v) is 27.7. The summed E-state index contributed by atoms with van der Waals surface area (Å²) < 4.78 is 49.2. The number of phosphoric acid groups is 2. The van der Waals surface area contributed by atoms with Gasteiger partial charge in [-0.3, -0.25) is 23.2 Å². The molecule has 0 heterocycles. The van der Waals surface area contributed by atoms with Crippen LogP contribution in [0.4, 0.5) is 0 Å². The number of allylic oxidation sites excluding steroid dienone is 14. The van der Waals surface area contributed by atoms with Crippen molar-refractivity contribution in [3.8, 4) is 0 Å². The van der Waals surface area contributed by atoms with Gasteiger partial charge in [-0.25, -0.2) is 9.13 Å². The van der Waals surface area contributed by atoms with Gasteiger partial charge in [0.15, 0.2) is 6.10 Å². The zero-order valence-corrected chi connectivity index (χ0v) is 43.1. The van der Waals surface area contributed by atoms with Crippen LogP contribution in [-0.4, -0.2) is 125 Å². The lowest BCUT2D eigenvalue weighted by molar-refractivity contribution is -0.216. The number of carbonyl (C=O) groups excluding carboxylic acids is 2. The van der Waals surface area contributed by atoms with Crippen molar-refractivity contribution < 1.29 is 87.1 Å². The molecule has 0 bridgehead atoms. The highest BCUT2D eigenvalue weighted by atomic mass is 31.2. The summed E-state index contributed by atoms with van der Waals surface area (Å²) in [4.78, 5) is 54.3. The maximum Gasteiger partial charge on any atom is 0.472 e. The van der Waals surface area contributed by atoms with Crippen LogP contribution >= 0.6 is 15.6 Å². The van der Waals surface area contributed by atoms with E-state index in [0.717, 1.165) is 19.3 Å². The molecule has 1 fully saturated rings. The molecule has 20 heteroatoms. The average Bonchev–Trinajstić information content (AvgIpc) is 3.32. The summed E-state index contributed by atoms with van der Waals surface area (Å²) in [6, 6.07) is 0. The van der Waals surface area contributed by atoms with Gasteiger partial charge in [0.25, 0.3) is 0 Å². The van der Waals surface area contributed by atoms with E-state index in [1.807, 2.05) is 49.5 Å². The predicted molar refractivity (Wildman–Crippen MR) is 271 cm³/mol. The van der Waals surface area contributed by atoms with E-state index in [1.54, 1.807) is 42.5 Å². The standard InChI is InChI=1S/C51H82O18P2/c1-3-5-7-8-9-10-11-12-13-14-15-16-17-18-22-25-31-38-45(55)67-43(40-66-71(63,64)69-51-48(58)46(56)47(57)50(49(51)59)68-70(60,61)62)39-65-44(54)37-32-26-30-36-42(53)35-29-24-21-19-20-23-28-34-41(52)33-27-6-4-2/h6,12-13,15-16,18,20-24,27-30,34-36,41-43,46-53,56-59H,3-5,7-11,14,17,19,25-26,31-33,37-40H2,1-2H3,(H,63,64)(H2,60,61,62)/b13-12-,16-15-,22-18-,23-20-,24-21-,27-6-,34-28+,35-29+,36-30-/t41-,42-,43-,46?,47?,48?,49?,50-,51+/m1/s1. The minimum atomic E-state index is -5.40. The Morgan fingerprint density at radius 1 is 0.549 bits per heavy atom. The van der Waals surface area contributed by atoms with Gasteiger partial charge in [0.05, 0.1) is 18.8 Å². The molecule has 404 valence electrons. The first-order valence-electron chi connectivity index (χ1n) is 24.7. The smallest absolute Gasteiger partial charge is 0.462 e. The topological polar surface area (TPSA) is 296 Å². The number of esters is 2. The van der Waals surface area contributed by atoms with Crippen molar-refractivity contribution in [2.75, 3.05) is 13.2 Å². The lowest BCUT2D eigenvalue weighted by atomic mass is 9.85. The monoisotopic (exact) mass is 1040 g/mol. The molecule has 0 aromatic rings. The zero-order valence-electron chi connectivity index (χ0n) is 41.3. The molecule has 0 aromatic carbocycles. The number of phosphoric ester groups is 2. The Labute approximate surface area is 420 Å². The summed E-state index contributed by atoms with van der Waals surface area (Å²) >= 11 is 0. The van der Waals surface area contributed by atoms with Crippen LogP contribution in [0.3, 0.4) is 0 Å². The molecule has 0 spiro atoms. The molecule has 9 N–H and O–H groups in total. The van der Waals surface area contributed by atoms with Gasteiger partial charge >= 0.3 is 27.6 Å². The van der Waals surface area contributed by atoms with Crippen LogP contribution in [0.2, 0.25) is 0 Å². The van der Waals surface area contributed by atoms with Crippen LogP contribution in [0.1, 0.15) is 129 Å². The molecular formula is C51H82O18P2. The Bertz CT molecular complexity index is 1820. The van der Waals surface area contributed by atoms with E-state index in [9.17, 15) is 64.0 Å². The second-order valence-corrected chi connectivity index (χ2v) is 19.4. The quantitative estimate of drug-likeness (QED) is 0.00938. The Kier molecular flexibility index (Phi) is 37.0. The average molecular weight is 1050 g/mol. The fourth-order valence-electron chi connectivity index (χ4n) is 6.66. The van der Waals surface area contributed by atoms with Crippen molar-refractivity contribution in [1.29, 1.82) is 0 Å². The molecule has 1 aliphatic carbocycles. The van der Waals surface area contributed by atoms with E-state index in [0.29, 0.717) is 44.9 Å². The maximum atomic E-state index is 13.0. The van der Waals surface area contributed by atoms with Crippen LogP contribution in [0, 0.1) is 0 Å². The summed E-state index contributed by atoms with van der Waals surface area (Å²) in [5.41, 5.74) is 0. The number of aliphatic hydroxyl groups excluding tert-OH is 6. The Morgan fingerprint density at radius 2 is 1.10 bits per heavy atom. The normalized spacial score (nSPS) is 22.7. The molecule has 1 saturated carbocycles. The minimum Gasteiger partial charge on any atom is -0.462 e. The molecule has 1 aliphatic rings. The second-order valence-electron chi connectivity index (χ2n) is 16.8. The zero-order chi connectivity index (χ0) is 52.8. The van der Waals surface area contributed by atoms with Gasteiger partial charge in [-0.15, -0.1) is 0 Å². The molecule has 18 nitrogen and oxygen atoms in total. The third kappa shape index (κ3) is 34.6. The highest BCUT2D eigenvalue weighted by molar-refractivity contribution is 7.47. The molecule has 1 rings (SSSR count). The van der Waals surface area contributed by atoms with Crippen molar-refractivity contribution in [2.24, 2.45) is 0 Å². The number of rotatable bonds is 39. The van der Waals surface area contributed by atoms with Crippen molar-refractivity contribution in [1.82, 2.24) is 0 Å². The van der Waals surface area contributed by atoms with E-state index in [-0.39, 0.29) is 12.8 Å². The number of hydrogen-bond acceptors (Lipinski definition) is 15. The molecule has 5 unspecified atom stereocenters. The molecule has 10 atom stereocenters. The molecule has 0 aliphatic heterocycles. The van der Waals surface area contributed by atoms with Crippen LogP contribution in [0.5, 0.6) is 0 Å². The van der Waals surface area contributed by atoms with Crippen molar-refractivity contribution in [3.05, 3.63) is 109 Å². The van der Waals surface area contributed by atoms with Gasteiger partial charge in [-0.2, -0.15) is 0 Å². The van der Waals surface area contributed by atoms with Crippen LogP contribution in [0.25, 0.3) is 0 Å². The summed E-state index contributed by atoms with van der Waals surface area (Å²) in [5, 5.41) is 61.3. The Morgan fingerprint density at radius 3 is 1.73 bits per heavy atom. The molecule has 0 saturated heterocycles. The van der Waals surface area contributed by atoms with Crippen molar-refractivity contribution in [2.45, 2.75) is 184 Å². The summed E-state index contributed by atoms with van der Waals surface area (Å²) in [5.74, 6) is -1.46. The Hall–Kier alpha value is -3.42. The maximum absolute atomic E-state index is 13.0. The molecule has 0 amide bonds. The van der Waals surface area contributed by atoms with E-state index in [1.165, 1.54) is 38.5 Å². The lowest BCUT2D eigenvalue weighted by Gasteiger charge is -2.43. The second kappa shape index (κ2) is 40.0. The third-order valence-corrected chi connectivity index (χ3v) is 12.0. The van der Waals surface area contributed by atoms with Crippen molar-refractivity contribution in [3.63, 3.8) is 0 Å². The first kappa shape index (κ1) is 65.6. The lowest BCUT2D eigenvalue weighted by Crippen LogP contribution is -2.64.